The van der Waals surface area contributed by atoms with Crippen molar-refractivity contribution in [3.63, 3.8) is 0 Å². The molecule has 0 amide bonds. The Morgan fingerprint density at radius 2 is 1.81 bits per heavy atom. The average molecular weight is 508 g/mol. The van der Waals surface area contributed by atoms with Gasteiger partial charge in [0.1, 0.15) is 6.10 Å². The molecular weight excluding hydrogens is 470 g/mol. The molecule has 3 heterocycles. The Hall–Kier alpha value is -2.22. The van der Waals surface area contributed by atoms with Crippen LogP contribution < -0.4 is 0 Å². The van der Waals surface area contributed by atoms with E-state index in [0.29, 0.717) is 29.6 Å². The number of piperidine rings is 2. The van der Waals surface area contributed by atoms with E-state index in [-0.39, 0.29) is 29.8 Å². The lowest BCUT2D eigenvalue weighted by atomic mass is 9.53. The minimum Gasteiger partial charge on any atom is -0.466 e. The third-order valence-electron chi connectivity index (χ3n) is 11.1. The van der Waals surface area contributed by atoms with Gasteiger partial charge in [0, 0.05) is 31.0 Å². The first kappa shape index (κ1) is 23.9. The molecule has 2 saturated carbocycles. The number of carbonyl (C=O) groups is 2. The van der Waals surface area contributed by atoms with Crippen molar-refractivity contribution in [3.05, 3.63) is 47.0 Å². The largest absolute Gasteiger partial charge is 0.466 e. The zero-order valence-corrected chi connectivity index (χ0v) is 21.9. The van der Waals surface area contributed by atoms with Crippen molar-refractivity contribution in [2.24, 2.45) is 23.7 Å². The van der Waals surface area contributed by atoms with E-state index in [9.17, 15) is 14.7 Å². The fourth-order valence-corrected chi connectivity index (χ4v) is 10.2. The Balaban J connectivity index is 1.48. The fraction of sp³-hybridized carbons (Fsp3) is 0.667. The Labute approximate surface area is 218 Å². The van der Waals surface area contributed by atoms with Gasteiger partial charge in [-0.2, -0.15) is 0 Å². The molecule has 3 saturated heterocycles. The zero-order valence-electron chi connectivity index (χ0n) is 21.9. The lowest BCUT2D eigenvalue weighted by Crippen LogP contribution is -2.73. The molecule has 7 rings (SSSR count). The third-order valence-corrected chi connectivity index (χ3v) is 11.1. The molecule has 1 N–H and O–H groups in total. The minimum absolute atomic E-state index is 0.0917. The van der Waals surface area contributed by atoms with Crippen molar-refractivity contribution in [2.45, 2.75) is 87.3 Å². The topological polar surface area (TPSA) is 85.3 Å². The van der Waals surface area contributed by atoms with Crippen LogP contribution in [0.1, 0.15) is 62.2 Å². The van der Waals surface area contributed by atoms with Crippen molar-refractivity contribution in [2.75, 3.05) is 14.2 Å². The lowest BCUT2D eigenvalue weighted by Gasteiger charge is -2.65. The maximum Gasteiger partial charge on any atom is 0.338 e. The van der Waals surface area contributed by atoms with E-state index in [1.165, 1.54) is 7.11 Å². The molecule has 198 valence electrons. The summed E-state index contributed by atoms with van der Waals surface area (Å²) in [6.45, 7) is 2.31. The molecule has 5 fully saturated rings. The number of hydrogen-bond donors (Lipinski definition) is 1. The van der Waals surface area contributed by atoms with Crippen LogP contribution in [0.4, 0.5) is 0 Å². The molecule has 11 atom stereocenters. The van der Waals surface area contributed by atoms with Gasteiger partial charge >= 0.3 is 11.9 Å². The Morgan fingerprint density at radius 3 is 2.54 bits per heavy atom. The Kier molecular flexibility index (Phi) is 5.25. The van der Waals surface area contributed by atoms with Crippen LogP contribution in [0.25, 0.3) is 0 Å². The van der Waals surface area contributed by atoms with Gasteiger partial charge in [-0.05, 0) is 75.0 Å². The van der Waals surface area contributed by atoms with Gasteiger partial charge in [0.05, 0.1) is 35.5 Å². The highest BCUT2D eigenvalue weighted by Crippen LogP contribution is 2.75. The Morgan fingerprint density at radius 1 is 1.03 bits per heavy atom. The first-order valence-electron chi connectivity index (χ1n) is 14.0. The average Bonchev–Trinajstić information content (AvgIpc) is 3.32. The van der Waals surface area contributed by atoms with Gasteiger partial charge in [-0.1, -0.05) is 24.6 Å². The summed E-state index contributed by atoms with van der Waals surface area (Å²) in [4.78, 5) is 29.9. The molecule has 6 aliphatic rings. The minimum atomic E-state index is -1.06. The van der Waals surface area contributed by atoms with E-state index in [4.69, 9.17) is 14.2 Å². The number of methoxy groups -OCH3 is 2. The van der Waals surface area contributed by atoms with Gasteiger partial charge < -0.3 is 19.3 Å². The van der Waals surface area contributed by atoms with Crippen molar-refractivity contribution in [1.29, 1.82) is 0 Å². The molecule has 1 aromatic rings. The van der Waals surface area contributed by atoms with E-state index in [1.807, 2.05) is 6.07 Å². The second kappa shape index (κ2) is 8.14. The van der Waals surface area contributed by atoms with Crippen LogP contribution in [0.2, 0.25) is 0 Å². The number of hydrogen-bond acceptors (Lipinski definition) is 7. The van der Waals surface area contributed by atoms with Crippen LogP contribution in [0, 0.1) is 23.7 Å². The lowest BCUT2D eigenvalue weighted by molar-refractivity contribution is -0.164. The zero-order chi connectivity index (χ0) is 25.7. The summed E-state index contributed by atoms with van der Waals surface area (Å²) in [5.41, 5.74) is 0.185. The summed E-state index contributed by atoms with van der Waals surface area (Å²) >= 11 is 0. The van der Waals surface area contributed by atoms with Crippen LogP contribution in [0.3, 0.4) is 0 Å². The van der Waals surface area contributed by atoms with Gasteiger partial charge in [0.25, 0.3) is 0 Å². The molecule has 7 nitrogen and oxygen atoms in total. The third kappa shape index (κ3) is 2.83. The van der Waals surface area contributed by atoms with E-state index < -0.39 is 29.2 Å². The van der Waals surface area contributed by atoms with Crippen LogP contribution >= 0.6 is 0 Å². The van der Waals surface area contributed by atoms with Gasteiger partial charge in [0.15, 0.2) is 0 Å². The summed E-state index contributed by atoms with van der Waals surface area (Å²) < 4.78 is 17.8. The van der Waals surface area contributed by atoms with Crippen LogP contribution in [-0.4, -0.2) is 71.6 Å². The predicted octanol–water partition coefficient (Wildman–Crippen LogP) is 3.50. The molecule has 1 aromatic carbocycles. The maximum atomic E-state index is 13.8. The van der Waals surface area contributed by atoms with Crippen LogP contribution in [0.5, 0.6) is 0 Å². The molecular formula is C30H37NO6. The van der Waals surface area contributed by atoms with E-state index >= 15 is 0 Å². The highest BCUT2D eigenvalue weighted by atomic mass is 16.6. The summed E-state index contributed by atoms with van der Waals surface area (Å²) in [7, 11) is 3.11. The van der Waals surface area contributed by atoms with Gasteiger partial charge in [-0.3, -0.25) is 4.90 Å². The number of rotatable bonds is 4. The molecule has 37 heavy (non-hydrogen) atoms. The molecule has 0 aromatic heterocycles. The van der Waals surface area contributed by atoms with Crippen LogP contribution in [-0.2, 0) is 19.0 Å². The molecule has 7 heteroatoms. The fourth-order valence-electron chi connectivity index (χ4n) is 10.2. The number of fused-ring (bicyclic) bond motifs is 2. The van der Waals surface area contributed by atoms with E-state index in [2.05, 4.69) is 11.8 Å². The number of esters is 2. The first-order valence-corrected chi connectivity index (χ1v) is 14.0. The quantitative estimate of drug-likeness (QED) is 0.625. The monoisotopic (exact) mass is 507 g/mol. The number of ether oxygens (including phenoxy) is 3. The summed E-state index contributed by atoms with van der Waals surface area (Å²) in [5, 5.41) is 12.5. The Bertz CT molecular complexity index is 1170. The summed E-state index contributed by atoms with van der Waals surface area (Å²) in [6.07, 6.45) is 5.60. The highest BCUT2D eigenvalue weighted by Gasteiger charge is 2.81. The smallest absolute Gasteiger partial charge is 0.338 e. The molecule has 5 bridgehead atoms. The SMILES string of the molecule is COC(=O)C1=C2[C@]3([C@@H]4C[C@H]5[C@H](CC[C@@H](C)N53)[C@@]2(O)C4)[C@H]2CCC[C@@H](OC)[C@@H]2[C@H]1OC(=O)c1ccccc1. The van der Waals surface area contributed by atoms with Crippen molar-refractivity contribution >= 4 is 11.9 Å². The number of aliphatic hydroxyl groups is 1. The second-order valence-corrected chi connectivity index (χ2v) is 12.3. The predicted molar refractivity (Wildman–Crippen MR) is 135 cm³/mol. The standard InChI is InChI=1S/C30H37NO6/c1-16-12-13-19-21-14-18-15-29(19,34)26-24(28(33)36-3)25(37-27(32)17-8-5-4-6-9-17)23-20(30(18,26)31(16)21)10-7-11-22(23)35-2/h4-6,8-9,16,18-23,25,34H,7,10-15H2,1-3H3/t16-,18-,19+,20+,21+,22-,23-,25-,29+,30+/m1/s1. The van der Waals surface area contributed by atoms with Crippen molar-refractivity contribution in [1.82, 2.24) is 4.90 Å². The first-order chi connectivity index (χ1) is 17.9. The van der Waals surface area contributed by atoms with Crippen molar-refractivity contribution < 1.29 is 28.9 Å². The van der Waals surface area contributed by atoms with E-state index in [0.717, 1.165) is 44.1 Å². The van der Waals surface area contributed by atoms with Crippen molar-refractivity contribution in [3.8, 4) is 0 Å². The van der Waals surface area contributed by atoms with Gasteiger partial charge in [-0.25, -0.2) is 9.59 Å². The maximum absolute atomic E-state index is 13.8. The van der Waals surface area contributed by atoms with E-state index in [1.54, 1.807) is 31.4 Å². The number of carbonyl (C=O) groups excluding carboxylic acids is 2. The molecule has 1 spiro atoms. The highest BCUT2D eigenvalue weighted by molar-refractivity contribution is 5.95. The van der Waals surface area contributed by atoms with Crippen LogP contribution in [0.15, 0.2) is 41.5 Å². The summed E-state index contributed by atoms with van der Waals surface area (Å²) in [5.74, 6) is -0.629. The molecule has 3 aliphatic heterocycles. The summed E-state index contributed by atoms with van der Waals surface area (Å²) in [6, 6.07) is 9.64. The molecule has 0 radical (unpaired) electrons. The number of benzene rings is 1. The van der Waals surface area contributed by atoms with Gasteiger partial charge in [0.2, 0.25) is 0 Å². The normalized spacial score (nSPS) is 46.9. The molecule has 1 unspecified atom stereocenters. The second-order valence-electron chi connectivity index (χ2n) is 12.3. The molecule has 3 aliphatic carbocycles. The van der Waals surface area contributed by atoms with Gasteiger partial charge in [-0.15, -0.1) is 0 Å². The number of nitrogens with zero attached hydrogens (tertiary/aromatic N) is 1.